The van der Waals surface area contributed by atoms with Crippen LogP contribution in [0.1, 0.15) is 226 Å². The Balaban J connectivity index is 0.000000318. The third-order valence-electron chi connectivity index (χ3n) is 20.3. The van der Waals surface area contributed by atoms with Crippen LogP contribution in [-0.4, -0.2) is 251 Å². The lowest BCUT2D eigenvalue weighted by Crippen LogP contribution is -2.61. The molecular formula is C69H114O31. The van der Waals surface area contributed by atoms with E-state index in [1.807, 2.05) is 6.92 Å². The maximum absolute atomic E-state index is 12.8. The van der Waals surface area contributed by atoms with E-state index in [0.717, 1.165) is 109 Å². The molecule has 3 aliphatic carbocycles. The fourth-order valence-corrected chi connectivity index (χ4v) is 14.5. The van der Waals surface area contributed by atoms with Crippen LogP contribution in [0, 0.1) is 35.5 Å². The molecule has 6 rings (SSSR count). The maximum atomic E-state index is 12.8. The van der Waals surface area contributed by atoms with Crippen LogP contribution in [0.2, 0.25) is 0 Å². The largest absolute Gasteiger partial charge is 0.481 e. The van der Waals surface area contributed by atoms with Crippen molar-refractivity contribution in [2.45, 2.75) is 343 Å². The van der Waals surface area contributed by atoms with Gasteiger partial charge < -0.3 is 110 Å². The molecule has 25 atom stereocenters. The second-order valence-corrected chi connectivity index (χ2v) is 27.7. The maximum Gasteiger partial charge on any atom is 0.335 e. The first-order valence-corrected chi connectivity index (χ1v) is 36.1. The van der Waals surface area contributed by atoms with Crippen molar-refractivity contribution in [1.29, 1.82) is 0 Å². The highest BCUT2D eigenvalue weighted by atomic mass is 16.7. The van der Waals surface area contributed by atoms with Crippen molar-refractivity contribution in [1.82, 2.24) is 0 Å². The Labute approximate surface area is 582 Å². The van der Waals surface area contributed by atoms with E-state index in [-0.39, 0.29) is 91.4 Å². The quantitative estimate of drug-likeness (QED) is 0.0309. The number of aliphatic hydroxyl groups excluding tert-OH is 11. The lowest BCUT2D eigenvalue weighted by atomic mass is 9.85. The van der Waals surface area contributed by atoms with Crippen LogP contribution in [0.25, 0.3) is 0 Å². The number of hydrogen-bond donors (Lipinski definition) is 16. The minimum Gasteiger partial charge on any atom is -0.481 e. The molecule has 0 radical (unpaired) electrons. The highest BCUT2D eigenvalue weighted by molar-refractivity contribution is 5.85. The number of carboxylic acids is 5. The van der Waals surface area contributed by atoms with Crippen molar-refractivity contribution in [3.8, 4) is 0 Å². The van der Waals surface area contributed by atoms with E-state index in [1.54, 1.807) is 0 Å². The van der Waals surface area contributed by atoms with Gasteiger partial charge in [0.05, 0.1) is 24.4 Å². The summed E-state index contributed by atoms with van der Waals surface area (Å²) in [5.41, 5.74) is 0. The molecule has 3 aliphatic heterocycles. The molecule has 0 aromatic rings. The second kappa shape index (κ2) is 44.8. The number of ether oxygens (including phenoxy) is 6. The number of ketones is 3. The molecule has 6 aliphatic rings. The molecule has 0 spiro atoms. The first-order valence-electron chi connectivity index (χ1n) is 36.1. The Kier molecular flexibility index (Phi) is 39.2. The number of aliphatic hydroxyl groups is 11. The van der Waals surface area contributed by atoms with Crippen molar-refractivity contribution in [2.75, 3.05) is 0 Å². The number of Topliss-reactive ketones (excluding diaryl/α,β-unsaturated/α-hetero) is 3. The standard InChI is InChI=1S/C23H38O11.2C23H38O10/c1-2-12(33-23-20(30)18(28)19(29)21(34-23)22(31)32)9-10-14-13(15(24)11-16(14)25)7-5-3-4-6-8-17(26)27;1-2-3-6-10-14-13(9-7-4-5-8-11-17(25)26)15(24)12-16(14)32-23-20(29)18(27)19(28)21(33-23)22(30)31;1-2-3-6-9-13-14(16(25)12-15(13)24)10-7-4-5-8-11-17(26)32-23-20(29)18(27)19(28)21(33-23)22(30)31/h12-14,16,18-21,23,25,28-30H,2-11H2,1H3,(H,26,27)(H,31,32);13-14,16,18-21,23,27-29H,2-12H2,1H3,(H,25,26)(H,30,31);13-15,18-21,23-24,27-29H,2-12H2,1H3,(H,30,31)/t12?,13?,14?,16?,18-,19-,20+,21-,23?;13?,14?,16?,18-,19-,20+,21-,23?;13?,14?,15?,18-,19-,20+,21-,23?/m000/s1. The van der Waals surface area contributed by atoms with Gasteiger partial charge in [0.25, 0.3) is 0 Å². The summed E-state index contributed by atoms with van der Waals surface area (Å²) in [7, 11) is 0. The van der Waals surface area contributed by atoms with Crippen LogP contribution in [0.15, 0.2) is 0 Å². The number of esters is 1. The Morgan fingerprint density at radius 3 is 1.16 bits per heavy atom. The molecular weight excluding hydrogens is 1320 g/mol. The van der Waals surface area contributed by atoms with Gasteiger partial charge in [0.2, 0.25) is 6.29 Å². The van der Waals surface area contributed by atoms with Crippen molar-refractivity contribution in [3.05, 3.63) is 0 Å². The zero-order chi connectivity index (χ0) is 74.5. The van der Waals surface area contributed by atoms with Gasteiger partial charge in [-0.1, -0.05) is 117 Å². The van der Waals surface area contributed by atoms with E-state index in [0.29, 0.717) is 57.8 Å². The minimum atomic E-state index is -1.84. The fraction of sp³-hybridized carbons (Fsp3) is 0.870. The van der Waals surface area contributed by atoms with Gasteiger partial charge in [-0.05, 0) is 88.4 Å². The Hall–Kier alpha value is -4.81. The van der Waals surface area contributed by atoms with Crippen LogP contribution >= 0.6 is 0 Å². The van der Waals surface area contributed by atoms with Crippen LogP contribution < -0.4 is 0 Å². The SMILES string of the molecule is CCC(CCC1C(O)CC(=O)C1CCCCCCC(=O)O)OC1O[C@H](C(=O)O)[C@@H](O)[C@H](O)[C@H]1O.CCCCCC1C(O)CC(=O)C1CCCCCCC(=O)OC1O[C@H](C(=O)O)[C@@H](O)[C@H](O)[C@H]1O.CCCCCC1C(OC2O[C@H](C(=O)O)[C@@H](O)[C@H](O)[C@H]2O)CC(=O)C1CCCCCCC(=O)O. The molecule has 0 bridgehead atoms. The number of rotatable bonds is 41. The zero-order valence-electron chi connectivity index (χ0n) is 57.8. The normalized spacial score (nSPS) is 34.6. The van der Waals surface area contributed by atoms with Crippen LogP contribution in [0.4, 0.5) is 0 Å². The summed E-state index contributed by atoms with van der Waals surface area (Å²) in [5.74, 6) is -7.57. The zero-order valence-corrected chi connectivity index (χ0v) is 57.8. The fourth-order valence-electron chi connectivity index (χ4n) is 14.5. The number of carboxylic acid groups (broad SMARTS) is 5. The molecule has 100 heavy (non-hydrogen) atoms. The van der Waals surface area contributed by atoms with E-state index in [1.165, 1.54) is 0 Å². The molecule has 576 valence electrons. The van der Waals surface area contributed by atoms with Gasteiger partial charge in [-0.2, -0.15) is 0 Å². The van der Waals surface area contributed by atoms with Gasteiger partial charge in [0, 0.05) is 56.3 Å². The molecule has 31 nitrogen and oxygen atoms in total. The van der Waals surface area contributed by atoms with Gasteiger partial charge in [-0.15, -0.1) is 0 Å². The first-order chi connectivity index (χ1) is 47.4. The first kappa shape index (κ1) is 87.6. The predicted molar refractivity (Wildman–Crippen MR) is 347 cm³/mol. The molecule has 3 saturated heterocycles. The predicted octanol–water partition coefficient (Wildman–Crippen LogP) is 2.83. The van der Waals surface area contributed by atoms with Gasteiger partial charge in [0.1, 0.15) is 72.3 Å². The molecule has 0 aromatic carbocycles. The average Bonchev–Trinajstić information content (AvgIpc) is 0.929. The summed E-state index contributed by atoms with van der Waals surface area (Å²) in [5, 5.41) is 155. The van der Waals surface area contributed by atoms with E-state index < -0.39 is 152 Å². The molecule has 13 unspecified atom stereocenters. The van der Waals surface area contributed by atoms with Crippen LogP contribution in [0.5, 0.6) is 0 Å². The molecule has 6 fully saturated rings. The minimum absolute atomic E-state index is 0.0175. The average molecular weight is 1440 g/mol. The Morgan fingerprint density at radius 2 is 0.740 bits per heavy atom. The second-order valence-electron chi connectivity index (χ2n) is 27.7. The molecule has 31 heteroatoms. The lowest BCUT2D eigenvalue weighted by Gasteiger charge is -2.40. The van der Waals surface area contributed by atoms with Gasteiger partial charge in [-0.25, -0.2) is 14.4 Å². The number of carbonyl (C=O) groups is 9. The number of aliphatic carboxylic acids is 5. The van der Waals surface area contributed by atoms with Crippen molar-refractivity contribution < 1.29 is 153 Å². The third kappa shape index (κ3) is 27.0. The number of unbranched alkanes of at least 4 members (excludes halogenated alkanes) is 13. The summed E-state index contributed by atoms with van der Waals surface area (Å²) in [6, 6.07) is 0. The monoisotopic (exact) mass is 1440 g/mol. The number of hydrogen-bond acceptors (Lipinski definition) is 26. The third-order valence-corrected chi connectivity index (χ3v) is 20.3. The van der Waals surface area contributed by atoms with E-state index in [2.05, 4.69) is 13.8 Å². The highest BCUT2D eigenvalue weighted by Gasteiger charge is 2.53. The van der Waals surface area contributed by atoms with Crippen molar-refractivity contribution >= 4 is 53.2 Å². The molecule has 3 heterocycles. The summed E-state index contributed by atoms with van der Waals surface area (Å²) in [6.07, 6.45) is -7.35. The van der Waals surface area contributed by atoms with Gasteiger partial charge >= 0.3 is 35.8 Å². The number of carbonyl (C=O) groups excluding carboxylic acids is 4. The molecule has 0 aromatic heterocycles. The summed E-state index contributed by atoms with van der Waals surface area (Å²) in [4.78, 5) is 104. The van der Waals surface area contributed by atoms with Gasteiger partial charge in [-0.3, -0.25) is 28.8 Å². The van der Waals surface area contributed by atoms with E-state index in [9.17, 15) is 110 Å². The summed E-state index contributed by atoms with van der Waals surface area (Å²) >= 11 is 0. The summed E-state index contributed by atoms with van der Waals surface area (Å²) in [6.45, 7) is 6.02. The smallest absolute Gasteiger partial charge is 0.335 e. The van der Waals surface area contributed by atoms with Crippen molar-refractivity contribution in [2.24, 2.45) is 35.5 Å². The Morgan fingerprint density at radius 1 is 0.390 bits per heavy atom. The molecule has 16 N–H and O–H groups in total. The van der Waals surface area contributed by atoms with E-state index >= 15 is 0 Å². The van der Waals surface area contributed by atoms with E-state index in [4.69, 9.17) is 43.7 Å². The Bertz CT molecular complexity index is 2520. The van der Waals surface area contributed by atoms with Gasteiger partial charge in [0.15, 0.2) is 30.9 Å². The highest BCUT2D eigenvalue weighted by Crippen LogP contribution is 2.42. The van der Waals surface area contributed by atoms with Crippen LogP contribution in [0.3, 0.4) is 0 Å². The topological polar surface area (TPSA) is 533 Å². The van der Waals surface area contributed by atoms with Crippen molar-refractivity contribution in [3.63, 3.8) is 0 Å². The van der Waals surface area contributed by atoms with Crippen LogP contribution in [-0.2, 0) is 71.6 Å². The summed E-state index contributed by atoms with van der Waals surface area (Å²) < 4.78 is 31.9. The molecule has 3 saturated carbocycles. The molecule has 0 amide bonds. The lowest BCUT2D eigenvalue weighted by molar-refractivity contribution is -0.307.